The zero-order valence-corrected chi connectivity index (χ0v) is 17.6. The quantitative estimate of drug-likeness (QED) is 0.613. The van der Waals surface area contributed by atoms with Gasteiger partial charge in [-0.1, -0.05) is 12.1 Å². The van der Waals surface area contributed by atoms with E-state index in [1.807, 2.05) is 19.1 Å². The molecule has 27 heavy (non-hydrogen) atoms. The summed E-state index contributed by atoms with van der Waals surface area (Å²) in [5, 5.41) is 3.35. The SMILES string of the molecule is CCNC(=NCC1(c2ccc(OC)cc2)CC1)N1CCS(=O)(=O)C(C)(C)C1. The maximum absolute atomic E-state index is 12.3. The fourth-order valence-electron chi connectivity index (χ4n) is 3.61. The summed E-state index contributed by atoms with van der Waals surface area (Å²) in [5.74, 6) is 1.86. The molecular formula is C20H31N3O3S. The zero-order valence-electron chi connectivity index (χ0n) is 16.8. The van der Waals surface area contributed by atoms with Crippen molar-refractivity contribution in [2.45, 2.75) is 43.8 Å². The maximum Gasteiger partial charge on any atom is 0.194 e. The first kappa shape index (κ1) is 20.0. The van der Waals surface area contributed by atoms with Crippen LogP contribution in [0.5, 0.6) is 5.75 Å². The van der Waals surface area contributed by atoms with Crippen molar-refractivity contribution in [2.24, 2.45) is 4.99 Å². The number of hydrogen-bond donors (Lipinski definition) is 1. The lowest BCUT2D eigenvalue weighted by Gasteiger charge is -2.39. The van der Waals surface area contributed by atoms with E-state index in [0.29, 0.717) is 19.6 Å². The Bertz CT molecular complexity index is 796. The zero-order chi connectivity index (χ0) is 19.7. The second-order valence-electron chi connectivity index (χ2n) is 8.18. The molecule has 1 saturated carbocycles. The van der Waals surface area contributed by atoms with Gasteiger partial charge in [-0.2, -0.15) is 0 Å². The summed E-state index contributed by atoms with van der Waals surface area (Å²) in [6.45, 7) is 8.08. The van der Waals surface area contributed by atoms with Crippen molar-refractivity contribution in [1.82, 2.24) is 10.2 Å². The van der Waals surface area contributed by atoms with Crippen LogP contribution in [0.2, 0.25) is 0 Å². The van der Waals surface area contributed by atoms with E-state index in [2.05, 4.69) is 22.3 Å². The van der Waals surface area contributed by atoms with E-state index in [1.54, 1.807) is 21.0 Å². The minimum Gasteiger partial charge on any atom is -0.497 e. The number of nitrogens with one attached hydrogen (secondary N) is 1. The van der Waals surface area contributed by atoms with Crippen LogP contribution in [0.15, 0.2) is 29.3 Å². The van der Waals surface area contributed by atoms with Gasteiger partial charge in [0.2, 0.25) is 0 Å². The molecule has 0 unspecified atom stereocenters. The smallest absolute Gasteiger partial charge is 0.194 e. The minimum absolute atomic E-state index is 0.102. The van der Waals surface area contributed by atoms with E-state index < -0.39 is 14.6 Å². The molecule has 6 nitrogen and oxygen atoms in total. The second-order valence-corrected chi connectivity index (χ2v) is 10.9. The molecule has 1 saturated heterocycles. The minimum atomic E-state index is -3.06. The maximum atomic E-state index is 12.3. The predicted octanol–water partition coefficient (Wildman–Crippen LogP) is 2.20. The number of sulfone groups is 1. The number of benzene rings is 1. The molecule has 2 fully saturated rings. The van der Waals surface area contributed by atoms with Gasteiger partial charge in [-0.25, -0.2) is 8.42 Å². The highest BCUT2D eigenvalue weighted by molar-refractivity contribution is 7.92. The van der Waals surface area contributed by atoms with Crippen molar-refractivity contribution < 1.29 is 13.2 Å². The molecule has 0 aromatic heterocycles. The van der Waals surface area contributed by atoms with Crippen LogP contribution in [0.4, 0.5) is 0 Å². The van der Waals surface area contributed by atoms with Gasteiger partial charge in [-0.3, -0.25) is 4.99 Å². The van der Waals surface area contributed by atoms with Crippen LogP contribution in [0.3, 0.4) is 0 Å². The number of guanidine groups is 1. The Morgan fingerprint density at radius 2 is 1.93 bits per heavy atom. The summed E-state index contributed by atoms with van der Waals surface area (Å²) in [6.07, 6.45) is 2.25. The van der Waals surface area contributed by atoms with Crippen LogP contribution in [-0.4, -0.2) is 63.1 Å². The third-order valence-electron chi connectivity index (χ3n) is 5.77. The van der Waals surface area contributed by atoms with E-state index in [-0.39, 0.29) is 11.2 Å². The number of rotatable bonds is 5. The van der Waals surface area contributed by atoms with Crippen molar-refractivity contribution in [3.8, 4) is 5.75 Å². The Balaban J connectivity index is 1.76. The molecule has 2 aliphatic rings. The van der Waals surface area contributed by atoms with E-state index in [9.17, 15) is 8.42 Å². The fraction of sp³-hybridized carbons (Fsp3) is 0.650. The first-order valence-electron chi connectivity index (χ1n) is 9.63. The van der Waals surface area contributed by atoms with E-state index in [0.717, 1.165) is 31.1 Å². The van der Waals surface area contributed by atoms with Gasteiger partial charge in [0, 0.05) is 25.0 Å². The largest absolute Gasteiger partial charge is 0.497 e. The van der Waals surface area contributed by atoms with Crippen molar-refractivity contribution in [3.63, 3.8) is 0 Å². The molecule has 150 valence electrons. The summed E-state index contributed by atoms with van der Waals surface area (Å²) in [4.78, 5) is 7.00. The monoisotopic (exact) mass is 393 g/mol. The lowest BCUT2D eigenvalue weighted by Crippen LogP contribution is -2.57. The number of aliphatic imine (C=N–C) groups is 1. The van der Waals surface area contributed by atoms with Crippen LogP contribution < -0.4 is 10.1 Å². The second kappa shape index (κ2) is 7.34. The Labute approximate surface area is 162 Å². The molecule has 1 N–H and O–H groups in total. The average Bonchev–Trinajstić information content (AvgIpc) is 3.42. The van der Waals surface area contributed by atoms with Gasteiger partial charge in [0.15, 0.2) is 15.8 Å². The molecule has 0 atom stereocenters. The summed E-state index contributed by atoms with van der Waals surface area (Å²) in [7, 11) is -1.38. The number of hydrogen-bond acceptors (Lipinski definition) is 4. The number of ether oxygens (including phenoxy) is 1. The Hall–Kier alpha value is -1.76. The van der Waals surface area contributed by atoms with Crippen molar-refractivity contribution in [2.75, 3.05) is 39.0 Å². The molecule has 1 heterocycles. The third kappa shape index (κ3) is 4.08. The van der Waals surface area contributed by atoms with Crippen LogP contribution >= 0.6 is 0 Å². The highest BCUT2D eigenvalue weighted by Crippen LogP contribution is 2.48. The summed E-state index contributed by atoms with van der Waals surface area (Å²) in [6, 6.07) is 8.26. The fourth-order valence-corrected chi connectivity index (χ4v) is 4.98. The van der Waals surface area contributed by atoms with Crippen LogP contribution in [0.25, 0.3) is 0 Å². The normalized spacial score (nSPS) is 23.0. The van der Waals surface area contributed by atoms with Gasteiger partial charge in [0.25, 0.3) is 0 Å². The molecule has 1 aromatic rings. The first-order chi connectivity index (χ1) is 12.7. The van der Waals surface area contributed by atoms with Crippen LogP contribution in [0, 0.1) is 0 Å². The van der Waals surface area contributed by atoms with Crippen molar-refractivity contribution >= 4 is 15.8 Å². The van der Waals surface area contributed by atoms with Gasteiger partial charge >= 0.3 is 0 Å². The van der Waals surface area contributed by atoms with Gasteiger partial charge < -0.3 is 15.0 Å². The van der Waals surface area contributed by atoms with Crippen molar-refractivity contribution in [3.05, 3.63) is 29.8 Å². The Kier molecular flexibility index (Phi) is 5.43. The van der Waals surface area contributed by atoms with Crippen molar-refractivity contribution in [1.29, 1.82) is 0 Å². The number of methoxy groups -OCH3 is 1. The van der Waals surface area contributed by atoms with Gasteiger partial charge in [0.05, 0.1) is 24.2 Å². The predicted molar refractivity (Wildman–Crippen MR) is 109 cm³/mol. The van der Waals surface area contributed by atoms with Crippen LogP contribution in [-0.2, 0) is 15.3 Å². The topological polar surface area (TPSA) is 71.0 Å². The van der Waals surface area contributed by atoms with E-state index in [4.69, 9.17) is 9.73 Å². The van der Waals surface area contributed by atoms with E-state index >= 15 is 0 Å². The van der Waals surface area contributed by atoms with Gasteiger partial charge in [0.1, 0.15) is 5.75 Å². The highest BCUT2D eigenvalue weighted by atomic mass is 32.2. The molecule has 0 amide bonds. The Morgan fingerprint density at radius 3 is 2.44 bits per heavy atom. The summed E-state index contributed by atoms with van der Waals surface area (Å²) < 4.78 is 29.1. The van der Waals surface area contributed by atoms with Gasteiger partial charge in [-0.15, -0.1) is 0 Å². The summed E-state index contributed by atoms with van der Waals surface area (Å²) >= 11 is 0. The number of nitrogens with zero attached hydrogens (tertiary/aromatic N) is 2. The van der Waals surface area contributed by atoms with Gasteiger partial charge in [-0.05, 0) is 51.3 Å². The molecule has 3 rings (SSSR count). The lowest BCUT2D eigenvalue weighted by atomic mass is 9.96. The third-order valence-corrected chi connectivity index (χ3v) is 8.30. The summed E-state index contributed by atoms with van der Waals surface area (Å²) in [5.41, 5.74) is 1.40. The Morgan fingerprint density at radius 1 is 1.26 bits per heavy atom. The average molecular weight is 394 g/mol. The molecule has 0 bridgehead atoms. The lowest BCUT2D eigenvalue weighted by molar-refractivity contribution is 0.353. The first-order valence-corrected chi connectivity index (χ1v) is 11.3. The standard InChI is InChI=1S/C20H31N3O3S/c1-5-21-18(23-12-13-27(24,25)19(2,3)15-23)22-14-20(10-11-20)16-6-8-17(26-4)9-7-16/h6-9H,5,10-15H2,1-4H3,(H,21,22). The molecule has 7 heteroatoms. The molecule has 1 aromatic carbocycles. The highest BCUT2D eigenvalue weighted by Gasteiger charge is 2.45. The molecule has 1 aliphatic carbocycles. The van der Waals surface area contributed by atoms with E-state index in [1.165, 1.54) is 5.56 Å². The van der Waals surface area contributed by atoms with Crippen LogP contribution in [0.1, 0.15) is 39.2 Å². The molecule has 0 radical (unpaired) electrons. The molecular weight excluding hydrogens is 362 g/mol. The molecule has 0 spiro atoms. The molecule has 1 aliphatic heterocycles.